The average Bonchev–Trinajstić information content (AvgIpc) is 2.97. The number of nitrogens with zero attached hydrogens (tertiary/aromatic N) is 2. The molecule has 0 bridgehead atoms. The normalized spacial score (nSPS) is 24.1. The molecule has 0 aromatic heterocycles. The highest BCUT2D eigenvalue weighted by atomic mass is 16.6. The van der Waals surface area contributed by atoms with E-state index in [1.54, 1.807) is 4.90 Å². The van der Waals surface area contributed by atoms with Crippen LogP contribution in [0.1, 0.15) is 25.7 Å². The van der Waals surface area contributed by atoms with Crippen molar-refractivity contribution in [3.63, 3.8) is 0 Å². The van der Waals surface area contributed by atoms with Gasteiger partial charge in [-0.3, -0.25) is 4.90 Å². The van der Waals surface area contributed by atoms with Crippen molar-refractivity contribution in [1.29, 1.82) is 0 Å². The van der Waals surface area contributed by atoms with Crippen LogP contribution in [-0.2, 0) is 9.47 Å². The highest BCUT2D eigenvalue weighted by Crippen LogP contribution is 2.12. The third kappa shape index (κ3) is 4.92. The first-order valence-corrected chi connectivity index (χ1v) is 7.66. The topological polar surface area (TPSA) is 62.2 Å². The van der Waals surface area contributed by atoms with Gasteiger partial charge in [-0.1, -0.05) is 0 Å². The van der Waals surface area contributed by atoms with E-state index >= 15 is 0 Å². The first-order chi connectivity index (χ1) is 9.79. The molecule has 6 nitrogen and oxygen atoms in total. The Morgan fingerprint density at radius 2 is 2.00 bits per heavy atom. The van der Waals surface area contributed by atoms with Gasteiger partial charge in [0.2, 0.25) is 0 Å². The fourth-order valence-corrected chi connectivity index (χ4v) is 2.60. The molecule has 0 saturated carbocycles. The molecule has 2 aliphatic rings. The summed E-state index contributed by atoms with van der Waals surface area (Å²) in [5.41, 5.74) is 0. The molecule has 0 aliphatic carbocycles. The van der Waals surface area contributed by atoms with E-state index in [1.165, 1.54) is 0 Å². The van der Waals surface area contributed by atoms with Gasteiger partial charge in [-0.2, -0.15) is 0 Å². The van der Waals surface area contributed by atoms with Gasteiger partial charge in [0.15, 0.2) is 0 Å². The molecule has 2 rings (SSSR count). The van der Waals surface area contributed by atoms with Gasteiger partial charge in [0.25, 0.3) is 0 Å². The van der Waals surface area contributed by atoms with Crippen molar-refractivity contribution in [2.24, 2.45) is 0 Å². The molecular formula is C14H26N2O4. The molecule has 1 amide bonds. The van der Waals surface area contributed by atoms with Crippen molar-refractivity contribution in [3.8, 4) is 0 Å². The lowest BCUT2D eigenvalue weighted by molar-refractivity contribution is 0.0405. The van der Waals surface area contributed by atoms with Crippen LogP contribution in [-0.4, -0.2) is 79.6 Å². The van der Waals surface area contributed by atoms with E-state index in [2.05, 4.69) is 4.90 Å². The Kier molecular flexibility index (Phi) is 6.56. The van der Waals surface area contributed by atoms with Crippen LogP contribution >= 0.6 is 0 Å². The van der Waals surface area contributed by atoms with E-state index in [-0.39, 0.29) is 18.8 Å². The predicted octanol–water partition coefficient (Wildman–Crippen LogP) is 0.692. The minimum atomic E-state index is -0.194. The third-order valence-electron chi connectivity index (χ3n) is 3.92. The monoisotopic (exact) mass is 286 g/mol. The lowest BCUT2D eigenvalue weighted by atomic mass is 10.2. The van der Waals surface area contributed by atoms with E-state index in [9.17, 15) is 4.79 Å². The van der Waals surface area contributed by atoms with Crippen LogP contribution in [0.25, 0.3) is 0 Å². The van der Waals surface area contributed by atoms with Crippen molar-refractivity contribution in [1.82, 2.24) is 9.80 Å². The first-order valence-electron chi connectivity index (χ1n) is 7.66. The summed E-state index contributed by atoms with van der Waals surface area (Å²) in [6.07, 6.45) is 3.64. The summed E-state index contributed by atoms with van der Waals surface area (Å²) >= 11 is 0. The maximum absolute atomic E-state index is 12.0. The Balaban J connectivity index is 1.59. The molecule has 2 saturated heterocycles. The highest BCUT2D eigenvalue weighted by molar-refractivity contribution is 5.68. The molecule has 0 radical (unpaired) electrons. The average molecular weight is 286 g/mol. The zero-order valence-electron chi connectivity index (χ0n) is 12.1. The van der Waals surface area contributed by atoms with Crippen molar-refractivity contribution >= 4 is 6.09 Å². The minimum Gasteiger partial charge on any atom is -0.444 e. The zero-order valence-corrected chi connectivity index (χ0v) is 12.1. The molecule has 1 N–H and O–H groups in total. The van der Waals surface area contributed by atoms with Crippen molar-refractivity contribution in [2.45, 2.75) is 31.8 Å². The molecule has 2 aliphatic heterocycles. The third-order valence-corrected chi connectivity index (χ3v) is 3.92. The van der Waals surface area contributed by atoms with Crippen LogP contribution < -0.4 is 0 Å². The number of unbranched alkanes of at least 4 members (excludes halogenated alkanes) is 2. The molecule has 1 unspecified atom stereocenters. The summed E-state index contributed by atoms with van der Waals surface area (Å²) in [4.78, 5) is 16.1. The number of hydrogen-bond acceptors (Lipinski definition) is 5. The molecule has 0 aromatic rings. The first kappa shape index (κ1) is 15.5. The Labute approximate surface area is 120 Å². The molecule has 0 aromatic carbocycles. The van der Waals surface area contributed by atoms with Gasteiger partial charge in [-0.25, -0.2) is 4.79 Å². The van der Waals surface area contributed by atoms with Gasteiger partial charge < -0.3 is 19.5 Å². The summed E-state index contributed by atoms with van der Waals surface area (Å²) in [5.74, 6) is 0. The second-order valence-electron chi connectivity index (χ2n) is 5.48. The largest absolute Gasteiger partial charge is 0.444 e. The predicted molar refractivity (Wildman–Crippen MR) is 74.7 cm³/mol. The highest BCUT2D eigenvalue weighted by Gasteiger charge is 2.26. The van der Waals surface area contributed by atoms with Crippen LogP contribution in [0, 0.1) is 0 Å². The summed E-state index contributed by atoms with van der Waals surface area (Å²) in [7, 11) is 0. The standard InChI is InChI=1S/C14H26N2O4/c17-10-3-1-2-5-15-6-8-16(9-7-15)14(18)20-13-4-11-19-12-13/h13,17H,1-12H2. The van der Waals surface area contributed by atoms with E-state index in [0.717, 1.165) is 58.4 Å². The Morgan fingerprint density at radius 1 is 1.20 bits per heavy atom. The maximum Gasteiger partial charge on any atom is 0.410 e. The van der Waals surface area contributed by atoms with Gasteiger partial charge in [-0.05, 0) is 25.8 Å². The number of carbonyl (C=O) groups is 1. The van der Waals surface area contributed by atoms with Crippen LogP contribution in [0.4, 0.5) is 4.79 Å². The fourth-order valence-electron chi connectivity index (χ4n) is 2.60. The van der Waals surface area contributed by atoms with Crippen LogP contribution in [0.15, 0.2) is 0 Å². The summed E-state index contributed by atoms with van der Waals surface area (Å²) in [6, 6.07) is 0. The van der Waals surface area contributed by atoms with Crippen LogP contribution in [0.2, 0.25) is 0 Å². The van der Waals surface area contributed by atoms with E-state index in [1.807, 2.05) is 0 Å². The maximum atomic E-state index is 12.0. The van der Waals surface area contributed by atoms with E-state index < -0.39 is 0 Å². The molecule has 116 valence electrons. The summed E-state index contributed by atoms with van der Waals surface area (Å²) in [5, 5.41) is 8.74. The van der Waals surface area contributed by atoms with Crippen molar-refractivity contribution in [2.75, 3.05) is 52.5 Å². The number of rotatable bonds is 6. The Morgan fingerprint density at radius 3 is 2.65 bits per heavy atom. The number of carbonyl (C=O) groups excluding carboxylic acids is 1. The summed E-state index contributed by atoms with van der Waals surface area (Å²) in [6.45, 7) is 5.88. The molecule has 2 heterocycles. The van der Waals surface area contributed by atoms with Gasteiger partial charge >= 0.3 is 6.09 Å². The number of piperazine rings is 1. The van der Waals surface area contributed by atoms with E-state index in [4.69, 9.17) is 14.6 Å². The Hall–Kier alpha value is -0.850. The lowest BCUT2D eigenvalue weighted by Gasteiger charge is -2.34. The quantitative estimate of drug-likeness (QED) is 0.728. The smallest absolute Gasteiger partial charge is 0.410 e. The molecular weight excluding hydrogens is 260 g/mol. The molecule has 20 heavy (non-hydrogen) atoms. The second kappa shape index (κ2) is 8.44. The molecule has 2 fully saturated rings. The SMILES string of the molecule is O=C(OC1CCOC1)N1CCN(CCCCCO)CC1. The number of ether oxygens (including phenoxy) is 2. The number of aliphatic hydroxyl groups is 1. The zero-order chi connectivity index (χ0) is 14.2. The number of amides is 1. The van der Waals surface area contributed by atoms with Gasteiger partial charge in [0, 0.05) is 39.2 Å². The van der Waals surface area contributed by atoms with Crippen LogP contribution in [0.3, 0.4) is 0 Å². The van der Waals surface area contributed by atoms with E-state index in [0.29, 0.717) is 13.2 Å². The van der Waals surface area contributed by atoms with Gasteiger partial charge in [-0.15, -0.1) is 0 Å². The molecule has 0 spiro atoms. The van der Waals surface area contributed by atoms with Crippen LogP contribution in [0.5, 0.6) is 0 Å². The minimum absolute atomic E-state index is 0.0565. The number of aliphatic hydroxyl groups excluding tert-OH is 1. The van der Waals surface area contributed by atoms with Crippen molar-refractivity contribution in [3.05, 3.63) is 0 Å². The summed E-state index contributed by atoms with van der Waals surface area (Å²) < 4.78 is 10.6. The Bertz CT molecular complexity index is 287. The van der Waals surface area contributed by atoms with Gasteiger partial charge in [0.1, 0.15) is 6.10 Å². The molecule has 6 heteroatoms. The van der Waals surface area contributed by atoms with Gasteiger partial charge in [0.05, 0.1) is 13.2 Å². The number of hydrogen-bond donors (Lipinski definition) is 1. The second-order valence-corrected chi connectivity index (χ2v) is 5.48. The van der Waals surface area contributed by atoms with Crippen molar-refractivity contribution < 1.29 is 19.4 Å². The lowest BCUT2D eigenvalue weighted by Crippen LogP contribution is -2.49. The fraction of sp³-hybridized carbons (Fsp3) is 0.929. The molecule has 1 atom stereocenters.